The second-order valence-electron chi connectivity index (χ2n) is 7.09. The fraction of sp³-hybridized carbons (Fsp3) is 0.130. The van der Waals surface area contributed by atoms with Gasteiger partial charge in [-0.05, 0) is 18.2 Å². The number of amides is 1. The largest absolute Gasteiger partial charge is 0.490 e. The molecule has 0 bridgehead atoms. The van der Waals surface area contributed by atoms with Gasteiger partial charge >= 0.3 is 0 Å². The SMILES string of the molecule is Cn1cc(NC(=O)c2csc3ccccc23)c(N2CCOc3ccccc32)cc1=O. The van der Waals surface area contributed by atoms with Crippen LogP contribution in [0.5, 0.6) is 5.75 Å². The van der Waals surface area contributed by atoms with Crippen LogP contribution in [0.2, 0.25) is 0 Å². The Balaban J connectivity index is 1.57. The van der Waals surface area contributed by atoms with Crippen molar-refractivity contribution in [3.8, 4) is 5.75 Å². The summed E-state index contributed by atoms with van der Waals surface area (Å²) in [4.78, 5) is 27.6. The highest BCUT2D eigenvalue weighted by molar-refractivity contribution is 7.17. The van der Waals surface area contributed by atoms with Gasteiger partial charge in [0.25, 0.3) is 11.5 Å². The van der Waals surface area contributed by atoms with Crippen LogP contribution in [0.15, 0.2) is 71.0 Å². The molecule has 7 heteroatoms. The zero-order valence-electron chi connectivity index (χ0n) is 16.3. The van der Waals surface area contributed by atoms with Crippen molar-refractivity contribution in [3.63, 3.8) is 0 Å². The van der Waals surface area contributed by atoms with Crippen molar-refractivity contribution < 1.29 is 9.53 Å². The van der Waals surface area contributed by atoms with Crippen molar-refractivity contribution in [3.05, 3.63) is 82.1 Å². The van der Waals surface area contributed by atoms with Crippen LogP contribution in [0.3, 0.4) is 0 Å². The second-order valence-corrected chi connectivity index (χ2v) is 8.00. The first-order valence-electron chi connectivity index (χ1n) is 9.59. The highest BCUT2D eigenvalue weighted by Gasteiger charge is 2.23. The Morgan fingerprint density at radius 3 is 2.80 bits per heavy atom. The number of pyridine rings is 1. The van der Waals surface area contributed by atoms with Crippen LogP contribution < -0.4 is 20.5 Å². The number of para-hydroxylation sites is 2. The summed E-state index contributed by atoms with van der Waals surface area (Å²) in [6, 6.07) is 17.1. The quantitative estimate of drug-likeness (QED) is 0.537. The number of aromatic nitrogens is 1. The summed E-state index contributed by atoms with van der Waals surface area (Å²) in [6.45, 7) is 1.07. The second kappa shape index (κ2) is 7.35. The molecule has 2 aromatic heterocycles. The highest BCUT2D eigenvalue weighted by atomic mass is 32.1. The third kappa shape index (κ3) is 3.13. The van der Waals surface area contributed by atoms with Gasteiger partial charge in [-0.15, -0.1) is 11.3 Å². The van der Waals surface area contributed by atoms with Crippen molar-refractivity contribution in [1.82, 2.24) is 4.57 Å². The molecular weight excluding hydrogens is 398 g/mol. The summed E-state index contributed by atoms with van der Waals surface area (Å²) in [5, 5.41) is 5.81. The molecule has 0 spiro atoms. The molecule has 6 nitrogen and oxygen atoms in total. The van der Waals surface area contributed by atoms with Gasteiger partial charge in [0.05, 0.1) is 29.2 Å². The van der Waals surface area contributed by atoms with Gasteiger partial charge in [-0.1, -0.05) is 30.3 Å². The Morgan fingerprint density at radius 1 is 1.10 bits per heavy atom. The third-order valence-electron chi connectivity index (χ3n) is 5.20. The summed E-state index contributed by atoms with van der Waals surface area (Å²) >= 11 is 1.54. The molecule has 0 atom stereocenters. The summed E-state index contributed by atoms with van der Waals surface area (Å²) in [5.41, 5.74) is 2.58. The van der Waals surface area contributed by atoms with E-state index in [1.165, 1.54) is 15.9 Å². The van der Waals surface area contributed by atoms with E-state index in [-0.39, 0.29) is 11.5 Å². The van der Waals surface area contributed by atoms with E-state index in [1.54, 1.807) is 19.3 Å². The molecule has 0 aliphatic carbocycles. The van der Waals surface area contributed by atoms with Crippen molar-refractivity contribution in [1.29, 1.82) is 0 Å². The monoisotopic (exact) mass is 417 g/mol. The fourth-order valence-electron chi connectivity index (χ4n) is 3.70. The first-order valence-corrected chi connectivity index (χ1v) is 10.5. The molecule has 4 aromatic rings. The van der Waals surface area contributed by atoms with Crippen LogP contribution in [-0.4, -0.2) is 23.6 Å². The Labute approximate surface area is 176 Å². The van der Waals surface area contributed by atoms with Gasteiger partial charge in [-0.25, -0.2) is 0 Å². The first kappa shape index (κ1) is 18.4. The van der Waals surface area contributed by atoms with Gasteiger partial charge in [0.15, 0.2) is 0 Å². The van der Waals surface area contributed by atoms with E-state index in [0.29, 0.717) is 30.1 Å². The number of fused-ring (bicyclic) bond motifs is 2. The Kier molecular flexibility index (Phi) is 4.52. The number of ether oxygens (including phenoxy) is 1. The molecule has 3 heterocycles. The molecular formula is C23H19N3O3S. The maximum absolute atomic E-state index is 13.1. The number of carbonyl (C=O) groups is 1. The molecule has 0 saturated heterocycles. The summed E-state index contributed by atoms with van der Waals surface area (Å²) < 4.78 is 8.28. The van der Waals surface area contributed by atoms with Gasteiger partial charge in [0, 0.05) is 34.8 Å². The number of nitrogens with one attached hydrogen (secondary N) is 1. The minimum Gasteiger partial charge on any atom is -0.490 e. The molecule has 5 rings (SSSR count). The number of hydrogen-bond acceptors (Lipinski definition) is 5. The number of rotatable bonds is 3. The van der Waals surface area contributed by atoms with Crippen LogP contribution >= 0.6 is 11.3 Å². The molecule has 1 aliphatic heterocycles. The third-order valence-corrected chi connectivity index (χ3v) is 6.16. The smallest absolute Gasteiger partial charge is 0.257 e. The number of anilines is 3. The number of thiophene rings is 1. The lowest BCUT2D eigenvalue weighted by Gasteiger charge is -2.32. The van der Waals surface area contributed by atoms with E-state index in [9.17, 15) is 9.59 Å². The lowest BCUT2D eigenvalue weighted by molar-refractivity contribution is 0.102. The molecule has 30 heavy (non-hydrogen) atoms. The minimum absolute atomic E-state index is 0.145. The molecule has 0 unspecified atom stereocenters. The van der Waals surface area contributed by atoms with Crippen molar-refractivity contribution >= 4 is 44.4 Å². The molecule has 2 aromatic carbocycles. The number of nitrogens with zero attached hydrogens (tertiary/aromatic N) is 2. The van der Waals surface area contributed by atoms with E-state index in [1.807, 2.05) is 58.8 Å². The first-order chi connectivity index (χ1) is 14.6. The van der Waals surface area contributed by atoms with Gasteiger partial charge < -0.3 is 19.5 Å². The number of hydrogen-bond donors (Lipinski definition) is 1. The summed E-state index contributed by atoms with van der Waals surface area (Å²) in [7, 11) is 1.68. The summed E-state index contributed by atoms with van der Waals surface area (Å²) in [6.07, 6.45) is 1.67. The van der Waals surface area contributed by atoms with E-state index >= 15 is 0 Å². The van der Waals surface area contributed by atoms with Gasteiger partial charge in [0.1, 0.15) is 12.4 Å². The maximum Gasteiger partial charge on any atom is 0.257 e. The molecule has 1 N–H and O–H groups in total. The van der Waals surface area contributed by atoms with Crippen molar-refractivity contribution in [2.75, 3.05) is 23.4 Å². The van der Waals surface area contributed by atoms with Crippen LogP contribution in [-0.2, 0) is 7.05 Å². The molecule has 0 radical (unpaired) electrons. The van der Waals surface area contributed by atoms with E-state index < -0.39 is 0 Å². The van der Waals surface area contributed by atoms with E-state index in [0.717, 1.165) is 21.5 Å². The topological polar surface area (TPSA) is 63.6 Å². The van der Waals surface area contributed by atoms with Gasteiger partial charge in [-0.2, -0.15) is 0 Å². The highest BCUT2D eigenvalue weighted by Crippen LogP contribution is 2.39. The predicted molar refractivity (Wildman–Crippen MR) is 120 cm³/mol. The fourth-order valence-corrected chi connectivity index (χ4v) is 4.64. The average Bonchev–Trinajstić information content (AvgIpc) is 3.20. The zero-order valence-corrected chi connectivity index (χ0v) is 17.1. The van der Waals surface area contributed by atoms with Crippen molar-refractivity contribution in [2.45, 2.75) is 0 Å². The predicted octanol–water partition coefficient (Wildman–Crippen LogP) is 4.38. The molecule has 0 saturated carbocycles. The number of aryl methyl sites for hydroxylation is 1. The van der Waals surface area contributed by atoms with Crippen LogP contribution in [0.4, 0.5) is 17.1 Å². The van der Waals surface area contributed by atoms with Crippen molar-refractivity contribution in [2.24, 2.45) is 7.05 Å². The molecule has 1 aliphatic rings. The number of carbonyl (C=O) groups excluding carboxylic acids is 1. The van der Waals surface area contributed by atoms with E-state index in [2.05, 4.69) is 5.32 Å². The molecule has 0 fully saturated rings. The van der Waals surface area contributed by atoms with Gasteiger partial charge in [-0.3, -0.25) is 9.59 Å². The van der Waals surface area contributed by atoms with Crippen LogP contribution in [0, 0.1) is 0 Å². The minimum atomic E-state index is -0.200. The molecule has 150 valence electrons. The normalized spacial score (nSPS) is 13.0. The zero-order chi connectivity index (χ0) is 20.7. The Morgan fingerprint density at radius 2 is 1.90 bits per heavy atom. The number of benzene rings is 2. The Bertz CT molecular complexity index is 1320. The standard InChI is InChI=1S/C23H19N3O3S/c1-25-13-17(24-23(28)16-14-30-21-9-5-2-6-15(16)21)19(12-22(25)27)26-10-11-29-20-8-4-3-7-18(20)26/h2-9,12-14H,10-11H2,1H3,(H,24,28). The molecule has 1 amide bonds. The van der Waals surface area contributed by atoms with Crippen LogP contribution in [0.25, 0.3) is 10.1 Å². The van der Waals surface area contributed by atoms with Crippen LogP contribution in [0.1, 0.15) is 10.4 Å². The van der Waals surface area contributed by atoms with Gasteiger partial charge in [0.2, 0.25) is 0 Å². The summed E-state index contributed by atoms with van der Waals surface area (Å²) in [5.74, 6) is 0.555. The average molecular weight is 417 g/mol. The lowest BCUT2D eigenvalue weighted by Crippen LogP contribution is -2.31. The Hall–Kier alpha value is -3.58. The lowest BCUT2D eigenvalue weighted by atomic mass is 10.1. The van der Waals surface area contributed by atoms with E-state index in [4.69, 9.17) is 4.74 Å². The maximum atomic E-state index is 13.1.